The molecular formula is C16H22ClNO. The highest BCUT2D eigenvalue weighted by atomic mass is 35.5. The first-order valence-corrected chi connectivity index (χ1v) is 7.52. The van der Waals surface area contributed by atoms with E-state index in [1.165, 1.54) is 32.1 Å². The smallest absolute Gasteiger partial charge is 0.179 e. The first kappa shape index (κ1) is 14.5. The third-order valence-electron chi connectivity index (χ3n) is 3.93. The number of halogens is 1. The Bertz CT molecular complexity index is 452. The van der Waals surface area contributed by atoms with Crippen molar-refractivity contribution in [2.24, 2.45) is 0 Å². The predicted octanol–water partition coefficient (Wildman–Crippen LogP) is 4.14. The molecule has 0 aromatic heterocycles. The Labute approximate surface area is 120 Å². The van der Waals surface area contributed by atoms with Gasteiger partial charge >= 0.3 is 0 Å². The Balaban J connectivity index is 1.99. The van der Waals surface area contributed by atoms with E-state index in [4.69, 9.17) is 11.6 Å². The number of ketones is 1. The van der Waals surface area contributed by atoms with E-state index in [9.17, 15) is 4.79 Å². The number of benzene rings is 1. The maximum Gasteiger partial charge on any atom is 0.179 e. The van der Waals surface area contributed by atoms with Crippen molar-refractivity contribution in [2.75, 3.05) is 0 Å². The lowest BCUT2D eigenvalue weighted by atomic mass is 9.94. The molecule has 1 aliphatic carbocycles. The third kappa shape index (κ3) is 3.80. The summed E-state index contributed by atoms with van der Waals surface area (Å²) in [5.74, 6) is 0.158. The minimum absolute atomic E-state index is 0.122. The lowest BCUT2D eigenvalue weighted by Crippen LogP contribution is -2.42. The van der Waals surface area contributed by atoms with Crippen molar-refractivity contribution in [1.29, 1.82) is 0 Å². The van der Waals surface area contributed by atoms with Crippen molar-refractivity contribution in [1.82, 2.24) is 5.32 Å². The van der Waals surface area contributed by atoms with Gasteiger partial charge in [0.2, 0.25) is 0 Å². The number of carbonyl (C=O) groups excluding carboxylic acids is 1. The van der Waals surface area contributed by atoms with Crippen LogP contribution < -0.4 is 5.32 Å². The van der Waals surface area contributed by atoms with E-state index in [0.29, 0.717) is 11.1 Å². The van der Waals surface area contributed by atoms with Gasteiger partial charge in [-0.1, -0.05) is 30.9 Å². The molecule has 0 heterocycles. The second-order valence-corrected chi connectivity index (χ2v) is 5.96. The van der Waals surface area contributed by atoms with Crippen molar-refractivity contribution in [3.05, 3.63) is 34.3 Å². The number of Topliss-reactive ketones (excluding diaryl/α,β-unsaturated/α-hetero) is 1. The Kier molecular flexibility index (Phi) is 5.00. The van der Waals surface area contributed by atoms with Gasteiger partial charge < -0.3 is 5.32 Å². The SMILES string of the molecule is Cc1cc(C(=O)C(C)NC2CCCCC2)ccc1Cl. The number of hydrogen-bond acceptors (Lipinski definition) is 2. The van der Waals surface area contributed by atoms with Crippen LogP contribution in [0.25, 0.3) is 0 Å². The van der Waals surface area contributed by atoms with Crippen molar-refractivity contribution in [3.8, 4) is 0 Å². The molecule has 1 saturated carbocycles. The molecule has 104 valence electrons. The number of hydrogen-bond donors (Lipinski definition) is 1. The minimum Gasteiger partial charge on any atom is -0.305 e. The fraction of sp³-hybridized carbons (Fsp3) is 0.562. The Morgan fingerprint density at radius 2 is 2.00 bits per heavy atom. The lowest BCUT2D eigenvalue weighted by Gasteiger charge is -2.26. The molecule has 19 heavy (non-hydrogen) atoms. The maximum absolute atomic E-state index is 12.4. The highest BCUT2D eigenvalue weighted by Crippen LogP contribution is 2.20. The van der Waals surface area contributed by atoms with Gasteiger partial charge in [-0.3, -0.25) is 4.79 Å². The highest BCUT2D eigenvalue weighted by Gasteiger charge is 2.20. The molecule has 2 rings (SSSR count). The predicted molar refractivity (Wildman–Crippen MR) is 80.0 cm³/mol. The lowest BCUT2D eigenvalue weighted by molar-refractivity contribution is 0.0940. The van der Waals surface area contributed by atoms with Gasteiger partial charge in [-0.25, -0.2) is 0 Å². The monoisotopic (exact) mass is 279 g/mol. The average molecular weight is 280 g/mol. The van der Waals surface area contributed by atoms with Crippen molar-refractivity contribution in [2.45, 2.75) is 58.0 Å². The van der Waals surface area contributed by atoms with Crippen LogP contribution in [0.5, 0.6) is 0 Å². The summed E-state index contributed by atoms with van der Waals surface area (Å²) in [5.41, 5.74) is 1.70. The molecule has 0 spiro atoms. The zero-order valence-corrected chi connectivity index (χ0v) is 12.5. The van der Waals surface area contributed by atoms with Crippen LogP contribution in [-0.4, -0.2) is 17.9 Å². The number of rotatable bonds is 4. The van der Waals surface area contributed by atoms with E-state index in [-0.39, 0.29) is 11.8 Å². The zero-order valence-electron chi connectivity index (χ0n) is 11.7. The van der Waals surface area contributed by atoms with Gasteiger partial charge in [-0.05, 0) is 50.5 Å². The molecule has 1 atom stereocenters. The van der Waals surface area contributed by atoms with Gasteiger partial charge in [0, 0.05) is 16.6 Å². The molecule has 2 nitrogen and oxygen atoms in total. The van der Waals surface area contributed by atoms with Crippen LogP contribution in [0.1, 0.15) is 54.9 Å². The summed E-state index contributed by atoms with van der Waals surface area (Å²) in [7, 11) is 0. The maximum atomic E-state index is 12.4. The molecule has 3 heteroatoms. The van der Waals surface area contributed by atoms with Crippen LogP contribution in [-0.2, 0) is 0 Å². The van der Waals surface area contributed by atoms with Crippen LogP contribution in [0.2, 0.25) is 5.02 Å². The Hall–Kier alpha value is -0.860. The van der Waals surface area contributed by atoms with Gasteiger partial charge in [0.25, 0.3) is 0 Å². The van der Waals surface area contributed by atoms with Gasteiger partial charge in [0.15, 0.2) is 5.78 Å². The van der Waals surface area contributed by atoms with Crippen LogP contribution in [0.4, 0.5) is 0 Å². The van der Waals surface area contributed by atoms with E-state index in [1.54, 1.807) is 6.07 Å². The Morgan fingerprint density at radius 3 is 2.63 bits per heavy atom. The van der Waals surface area contributed by atoms with Crippen LogP contribution in [0.15, 0.2) is 18.2 Å². The third-order valence-corrected chi connectivity index (χ3v) is 4.35. The molecule has 1 fully saturated rings. The van der Waals surface area contributed by atoms with E-state index in [2.05, 4.69) is 5.32 Å². The van der Waals surface area contributed by atoms with Crippen molar-refractivity contribution >= 4 is 17.4 Å². The molecule has 0 radical (unpaired) electrons. The van der Waals surface area contributed by atoms with Crippen LogP contribution >= 0.6 is 11.6 Å². The van der Waals surface area contributed by atoms with E-state index in [1.807, 2.05) is 26.0 Å². The molecule has 0 aliphatic heterocycles. The summed E-state index contributed by atoms with van der Waals surface area (Å²) < 4.78 is 0. The van der Waals surface area contributed by atoms with Gasteiger partial charge in [-0.2, -0.15) is 0 Å². The van der Waals surface area contributed by atoms with Gasteiger partial charge in [0.1, 0.15) is 0 Å². The zero-order chi connectivity index (χ0) is 13.8. The first-order chi connectivity index (χ1) is 9.08. The van der Waals surface area contributed by atoms with Crippen molar-refractivity contribution in [3.63, 3.8) is 0 Å². The fourth-order valence-corrected chi connectivity index (χ4v) is 2.86. The van der Waals surface area contributed by atoms with Crippen LogP contribution in [0, 0.1) is 6.92 Å². The molecule has 0 amide bonds. The summed E-state index contributed by atoms with van der Waals surface area (Å²) in [4.78, 5) is 12.4. The molecule has 1 unspecified atom stereocenters. The second-order valence-electron chi connectivity index (χ2n) is 5.55. The molecular weight excluding hydrogens is 258 g/mol. The summed E-state index contributed by atoms with van der Waals surface area (Å²) in [6.45, 7) is 3.89. The summed E-state index contributed by atoms with van der Waals surface area (Å²) in [6, 6.07) is 5.88. The average Bonchev–Trinajstić information content (AvgIpc) is 2.42. The van der Waals surface area contributed by atoms with E-state index in [0.717, 1.165) is 11.1 Å². The molecule has 1 aromatic carbocycles. The first-order valence-electron chi connectivity index (χ1n) is 7.14. The Morgan fingerprint density at radius 1 is 1.32 bits per heavy atom. The van der Waals surface area contributed by atoms with E-state index < -0.39 is 0 Å². The highest BCUT2D eigenvalue weighted by molar-refractivity contribution is 6.31. The molecule has 0 saturated heterocycles. The molecule has 1 aliphatic rings. The normalized spacial score (nSPS) is 18.3. The quantitative estimate of drug-likeness (QED) is 0.839. The molecule has 1 N–H and O–H groups in total. The van der Waals surface area contributed by atoms with E-state index >= 15 is 0 Å². The van der Waals surface area contributed by atoms with Gasteiger partial charge in [0.05, 0.1) is 6.04 Å². The summed E-state index contributed by atoms with van der Waals surface area (Å²) >= 11 is 5.99. The minimum atomic E-state index is -0.122. The molecule has 1 aromatic rings. The molecule has 0 bridgehead atoms. The second kappa shape index (κ2) is 6.53. The largest absolute Gasteiger partial charge is 0.305 e. The fourth-order valence-electron chi connectivity index (χ4n) is 2.75. The summed E-state index contributed by atoms with van der Waals surface area (Å²) in [5, 5.41) is 4.18. The summed E-state index contributed by atoms with van der Waals surface area (Å²) in [6.07, 6.45) is 6.27. The van der Waals surface area contributed by atoms with Gasteiger partial charge in [-0.15, -0.1) is 0 Å². The van der Waals surface area contributed by atoms with Crippen LogP contribution in [0.3, 0.4) is 0 Å². The van der Waals surface area contributed by atoms with Crippen molar-refractivity contribution < 1.29 is 4.79 Å². The number of carbonyl (C=O) groups is 1. The number of aryl methyl sites for hydroxylation is 1. The standard InChI is InChI=1S/C16H22ClNO/c1-11-10-13(8-9-15(11)17)16(19)12(2)18-14-6-4-3-5-7-14/h8-10,12,14,18H,3-7H2,1-2H3. The topological polar surface area (TPSA) is 29.1 Å². The number of nitrogens with one attached hydrogen (secondary N) is 1.